The monoisotopic (exact) mass is 440 g/mol. The molecule has 2 fully saturated rings. The SMILES string of the molecule is CCS(=O)(=O)Nc1ccc(N2CCN(CC(=O)N3CCOCC3)CC2)cc1C(=O)O. The van der Waals surface area contributed by atoms with E-state index in [4.69, 9.17) is 4.74 Å². The molecular weight excluding hydrogens is 412 g/mol. The average molecular weight is 441 g/mol. The molecule has 0 unspecified atom stereocenters. The number of rotatable bonds is 7. The van der Waals surface area contributed by atoms with Gasteiger partial charge in [-0.3, -0.25) is 14.4 Å². The molecule has 0 radical (unpaired) electrons. The van der Waals surface area contributed by atoms with E-state index >= 15 is 0 Å². The summed E-state index contributed by atoms with van der Waals surface area (Å²) < 4.78 is 31.2. The number of aromatic carboxylic acids is 1. The fraction of sp³-hybridized carbons (Fsp3) is 0.579. The van der Waals surface area contributed by atoms with Crippen molar-refractivity contribution in [1.82, 2.24) is 9.80 Å². The molecular formula is C19H28N4O6S. The van der Waals surface area contributed by atoms with Crippen LogP contribution >= 0.6 is 0 Å². The summed E-state index contributed by atoms with van der Waals surface area (Å²) in [5.41, 5.74) is 0.684. The highest BCUT2D eigenvalue weighted by molar-refractivity contribution is 7.92. The molecule has 0 spiro atoms. The molecule has 1 aromatic carbocycles. The third kappa shape index (κ3) is 5.61. The van der Waals surface area contributed by atoms with Crippen LogP contribution in [0.25, 0.3) is 0 Å². The van der Waals surface area contributed by atoms with Crippen LogP contribution in [0.1, 0.15) is 17.3 Å². The van der Waals surface area contributed by atoms with E-state index in [0.29, 0.717) is 64.7 Å². The Bertz CT molecular complexity index is 877. The fourth-order valence-corrected chi connectivity index (χ4v) is 4.16. The van der Waals surface area contributed by atoms with Gasteiger partial charge in [0.15, 0.2) is 0 Å². The molecule has 0 aromatic heterocycles. The van der Waals surface area contributed by atoms with Crippen molar-refractivity contribution in [3.05, 3.63) is 23.8 Å². The van der Waals surface area contributed by atoms with Gasteiger partial charge >= 0.3 is 5.97 Å². The zero-order valence-electron chi connectivity index (χ0n) is 17.0. The van der Waals surface area contributed by atoms with E-state index in [2.05, 4.69) is 9.62 Å². The molecule has 2 aliphatic rings. The fourth-order valence-electron chi connectivity index (χ4n) is 3.50. The van der Waals surface area contributed by atoms with Gasteiger partial charge in [-0.1, -0.05) is 0 Å². The first-order valence-electron chi connectivity index (χ1n) is 9.99. The molecule has 2 saturated heterocycles. The molecule has 0 atom stereocenters. The molecule has 2 N–H and O–H groups in total. The Hall–Kier alpha value is -2.37. The van der Waals surface area contributed by atoms with E-state index in [1.165, 1.54) is 19.1 Å². The van der Waals surface area contributed by atoms with Crippen LogP contribution in [0.5, 0.6) is 0 Å². The van der Waals surface area contributed by atoms with Gasteiger partial charge in [-0.15, -0.1) is 0 Å². The molecule has 2 aliphatic heterocycles. The summed E-state index contributed by atoms with van der Waals surface area (Å²) in [6, 6.07) is 4.69. The molecule has 3 rings (SSSR count). The number of carbonyl (C=O) groups is 2. The smallest absolute Gasteiger partial charge is 0.337 e. The number of anilines is 2. The summed E-state index contributed by atoms with van der Waals surface area (Å²) in [5.74, 6) is -1.23. The highest BCUT2D eigenvalue weighted by Gasteiger charge is 2.24. The molecule has 0 bridgehead atoms. The second-order valence-electron chi connectivity index (χ2n) is 7.30. The summed E-state index contributed by atoms with van der Waals surface area (Å²) in [6.07, 6.45) is 0. The van der Waals surface area contributed by atoms with Crippen molar-refractivity contribution in [3.8, 4) is 0 Å². The first kappa shape index (κ1) is 22.3. The van der Waals surface area contributed by atoms with Crippen molar-refractivity contribution in [1.29, 1.82) is 0 Å². The van der Waals surface area contributed by atoms with Gasteiger partial charge in [0, 0.05) is 45.0 Å². The van der Waals surface area contributed by atoms with Crippen LogP contribution in [0.3, 0.4) is 0 Å². The Morgan fingerprint density at radius 3 is 2.37 bits per heavy atom. The number of carboxylic acids is 1. The highest BCUT2D eigenvalue weighted by atomic mass is 32.2. The highest BCUT2D eigenvalue weighted by Crippen LogP contribution is 2.25. The van der Waals surface area contributed by atoms with Crippen LogP contribution in [0, 0.1) is 0 Å². The summed E-state index contributed by atoms with van der Waals surface area (Å²) in [7, 11) is -3.57. The standard InChI is InChI=1S/C19H28N4O6S/c1-2-30(27,28)20-17-4-3-15(13-16(17)19(25)26)22-7-5-21(6-8-22)14-18(24)23-9-11-29-12-10-23/h3-4,13,20H,2,5-12,14H2,1H3,(H,25,26). The van der Waals surface area contributed by atoms with Gasteiger partial charge < -0.3 is 19.6 Å². The normalized spacial score (nSPS) is 18.3. The molecule has 11 heteroatoms. The van der Waals surface area contributed by atoms with E-state index in [9.17, 15) is 23.1 Å². The summed E-state index contributed by atoms with van der Waals surface area (Å²) in [5, 5.41) is 9.51. The Balaban J connectivity index is 1.61. The lowest BCUT2D eigenvalue weighted by Crippen LogP contribution is -2.51. The van der Waals surface area contributed by atoms with Crippen molar-refractivity contribution in [2.24, 2.45) is 0 Å². The van der Waals surface area contributed by atoms with Crippen molar-refractivity contribution >= 4 is 33.3 Å². The molecule has 1 aromatic rings. The first-order chi connectivity index (χ1) is 14.3. The van der Waals surface area contributed by atoms with Crippen LogP contribution in [-0.4, -0.2) is 100.0 Å². The largest absolute Gasteiger partial charge is 0.478 e. The van der Waals surface area contributed by atoms with Crippen molar-refractivity contribution < 1.29 is 27.9 Å². The molecule has 0 saturated carbocycles. The van der Waals surface area contributed by atoms with Crippen molar-refractivity contribution in [2.45, 2.75) is 6.92 Å². The molecule has 1 amide bonds. The van der Waals surface area contributed by atoms with Crippen LogP contribution in [0.4, 0.5) is 11.4 Å². The first-order valence-corrected chi connectivity index (χ1v) is 11.6. The van der Waals surface area contributed by atoms with E-state index in [-0.39, 0.29) is 22.9 Å². The number of morpholine rings is 1. The van der Waals surface area contributed by atoms with E-state index in [0.717, 1.165) is 0 Å². The minimum absolute atomic E-state index is 0.0582. The maximum atomic E-state index is 12.4. The maximum absolute atomic E-state index is 12.4. The zero-order valence-corrected chi connectivity index (χ0v) is 17.9. The quantitative estimate of drug-likeness (QED) is 0.614. The summed E-state index contributed by atoms with van der Waals surface area (Å²) in [6.45, 7) is 6.93. The zero-order chi connectivity index (χ0) is 21.7. The molecule has 30 heavy (non-hydrogen) atoms. The minimum Gasteiger partial charge on any atom is -0.478 e. The van der Waals surface area contributed by atoms with Crippen LogP contribution < -0.4 is 9.62 Å². The second kappa shape index (κ2) is 9.63. The number of carbonyl (C=O) groups excluding carboxylic acids is 1. The van der Waals surface area contributed by atoms with Gasteiger partial charge in [-0.25, -0.2) is 13.2 Å². The van der Waals surface area contributed by atoms with E-state index in [1.807, 2.05) is 9.80 Å². The Kier molecular flexibility index (Phi) is 7.16. The number of sulfonamides is 1. The molecule has 166 valence electrons. The summed E-state index contributed by atoms with van der Waals surface area (Å²) >= 11 is 0. The topological polar surface area (TPSA) is 119 Å². The van der Waals surface area contributed by atoms with Gasteiger partial charge in [0.1, 0.15) is 0 Å². The number of hydrogen-bond acceptors (Lipinski definition) is 7. The number of benzene rings is 1. The van der Waals surface area contributed by atoms with Gasteiger partial charge in [0.05, 0.1) is 36.8 Å². The van der Waals surface area contributed by atoms with Gasteiger partial charge in [0.25, 0.3) is 0 Å². The number of nitrogens with one attached hydrogen (secondary N) is 1. The van der Waals surface area contributed by atoms with Gasteiger partial charge in [0.2, 0.25) is 15.9 Å². The number of amides is 1. The number of nitrogens with zero attached hydrogens (tertiary/aromatic N) is 3. The maximum Gasteiger partial charge on any atom is 0.337 e. The van der Waals surface area contributed by atoms with Crippen LogP contribution in [0.2, 0.25) is 0 Å². The van der Waals surface area contributed by atoms with Crippen LogP contribution in [0.15, 0.2) is 18.2 Å². The molecule has 2 heterocycles. The van der Waals surface area contributed by atoms with Crippen LogP contribution in [-0.2, 0) is 19.6 Å². The third-order valence-corrected chi connectivity index (χ3v) is 6.63. The Labute approximate surface area is 176 Å². The number of carboxylic acid groups (broad SMARTS) is 1. The Morgan fingerprint density at radius 1 is 1.10 bits per heavy atom. The van der Waals surface area contributed by atoms with Gasteiger partial charge in [-0.05, 0) is 25.1 Å². The number of hydrogen-bond donors (Lipinski definition) is 2. The van der Waals surface area contributed by atoms with Gasteiger partial charge in [-0.2, -0.15) is 0 Å². The summed E-state index contributed by atoms with van der Waals surface area (Å²) in [4.78, 5) is 30.0. The molecule has 10 nitrogen and oxygen atoms in total. The van der Waals surface area contributed by atoms with Crippen molar-refractivity contribution in [2.75, 3.05) is 74.4 Å². The van der Waals surface area contributed by atoms with E-state index in [1.54, 1.807) is 6.07 Å². The minimum atomic E-state index is -3.57. The predicted molar refractivity (Wildman–Crippen MR) is 113 cm³/mol. The lowest BCUT2D eigenvalue weighted by Gasteiger charge is -2.37. The number of ether oxygens (including phenoxy) is 1. The third-order valence-electron chi connectivity index (χ3n) is 5.34. The van der Waals surface area contributed by atoms with Crippen molar-refractivity contribution in [3.63, 3.8) is 0 Å². The lowest BCUT2D eigenvalue weighted by atomic mass is 10.1. The van der Waals surface area contributed by atoms with E-state index < -0.39 is 16.0 Å². The number of piperazine rings is 1. The predicted octanol–water partition coefficient (Wildman–Crippen LogP) is 0.127. The molecule has 0 aliphatic carbocycles. The Morgan fingerprint density at radius 2 is 1.77 bits per heavy atom. The lowest BCUT2D eigenvalue weighted by molar-refractivity contribution is -0.136. The average Bonchev–Trinajstić information content (AvgIpc) is 2.75. The second-order valence-corrected chi connectivity index (χ2v) is 9.31.